The Balaban J connectivity index is 1.86. The molecule has 0 radical (unpaired) electrons. The van der Waals surface area contributed by atoms with Gasteiger partial charge in [-0.1, -0.05) is 0 Å². The number of rotatable bonds is 3. The molecule has 7 heteroatoms. The Morgan fingerprint density at radius 1 is 1.57 bits per heavy atom. The maximum Gasteiger partial charge on any atom is 0.308 e. The van der Waals surface area contributed by atoms with Crippen LogP contribution in [-0.2, 0) is 11.3 Å². The number of aryl methyl sites for hydroxylation is 1. The Morgan fingerprint density at radius 3 is 3.00 bits per heavy atom. The number of nitrogens with zero attached hydrogens (tertiary/aromatic N) is 3. The van der Waals surface area contributed by atoms with Crippen molar-refractivity contribution in [1.29, 1.82) is 0 Å². The number of carboxylic acids is 1. The van der Waals surface area contributed by atoms with Crippen LogP contribution in [-0.4, -0.2) is 37.9 Å². The van der Waals surface area contributed by atoms with Crippen LogP contribution in [0.15, 0.2) is 16.2 Å². The second-order valence-electron chi connectivity index (χ2n) is 5.53. The van der Waals surface area contributed by atoms with Crippen LogP contribution in [0.5, 0.6) is 0 Å². The zero-order valence-corrected chi connectivity index (χ0v) is 12.8. The third kappa shape index (κ3) is 2.47. The van der Waals surface area contributed by atoms with E-state index in [1.165, 1.54) is 11.3 Å². The summed E-state index contributed by atoms with van der Waals surface area (Å²) in [4.78, 5) is 30.6. The molecule has 2 unspecified atom stereocenters. The molecule has 1 fully saturated rings. The molecule has 1 aliphatic heterocycles. The van der Waals surface area contributed by atoms with Crippen molar-refractivity contribution in [2.24, 2.45) is 5.92 Å². The first-order chi connectivity index (χ1) is 9.97. The van der Waals surface area contributed by atoms with Gasteiger partial charge in [0.1, 0.15) is 0 Å². The third-order valence-electron chi connectivity index (χ3n) is 4.20. The largest absolute Gasteiger partial charge is 0.481 e. The third-order valence-corrected chi connectivity index (χ3v) is 5.14. The summed E-state index contributed by atoms with van der Waals surface area (Å²) in [6.45, 7) is 5.05. The average molecular weight is 307 g/mol. The van der Waals surface area contributed by atoms with E-state index in [0.717, 1.165) is 12.2 Å². The van der Waals surface area contributed by atoms with E-state index in [1.54, 1.807) is 10.5 Å². The molecule has 2 atom stereocenters. The molecule has 2 aromatic heterocycles. The van der Waals surface area contributed by atoms with Crippen LogP contribution < -0.4 is 5.56 Å². The van der Waals surface area contributed by atoms with E-state index in [1.807, 2.05) is 19.2 Å². The minimum absolute atomic E-state index is 0.0344. The normalized spacial score (nSPS) is 23.0. The summed E-state index contributed by atoms with van der Waals surface area (Å²) >= 11 is 1.45. The highest BCUT2D eigenvalue weighted by molar-refractivity contribution is 7.15. The number of likely N-dealkylation sites (tertiary alicyclic amines) is 1. The van der Waals surface area contributed by atoms with Gasteiger partial charge in [-0.25, -0.2) is 4.98 Å². The zero-order valence-electron chi connectivity index (χ0n) is 11.9. The van der Waals surface area contributed by atoms with Gasteiger partial charge in [-0.3, -0.25) is 18.9 Å². The van der Waals surface area contributed by atoms with Crippen LogP contribution in [0.1, 0.15) is 24.7 Å². The van der Waals surface area contributed by atoms with Crippen LogP contribution in [0.3, 0.4) is 0 Å². The van der Waals surface area contributed by atoms with E-state index in [4.69, 9.17) is 5.11 Å². The van der Waals surface area contributed by atoms with Crippen molar-refractivity contribution in [3.05, 3.63) is 33.2 Å². The smallest absolute Gasteiger partial charge is 0.308 e. The van der Waals surface area contributed by atoms with Crippen molar-refractivity contribution >= 4 is 22.3 Å². The number of fused-ring (bicyclic) bond motifs is 1. The predicted octanol–water partition coefficient (Wildman–Crippen LogP) is 1.36. The van der Waals surface area contributed by atoms with Crippen molar-refractivity contribution in [1.82, 2.24) is 14.3 Å². The van der Waals surface area contributed by atoms with Crippen LogP contribution >= 0.6 is 11.3 Å². The Labute approximate surface area is 125 Å². The lowest BCUT2D eigenvalue weighted by molar-refractivity contribution is -0.142. The highest BCUT2D eigenvalue weighted by atomic mass is 32.1. The molecule has 0 bridgehead atoms. The molecule has 112 valence electrons. The molecular weight excluding hydrogens is 290 g/mol. The zero-order chi connectivity index (χ0) is 15.1. The summed E-state index contributed by atoms with van der Waals surface area (Å²) in [5.74, 6) is -1.08. The van der Waals surface area contributed by atoms with Crippen LogP contribution in [0.25, 0.3) is 4.96 Å². The topological polar surface area (TPSA) is 74.9 Å². The second kappa shape index (κ2) is 5.23. The molecule has 2 aromatic rings. The van der Waals surface area contributed by atoms with Crippen molar-refractivity contribution in [2.75, 3.05) is 6.54 Å². The summed E-state index contributed by atoms with van der Waals surface area (Å²) in [6, 6.07) is 1.51. The average Bonchev–Trinajstić information content (AvgIpc) is 2.95. The van der Waals surface area contributed by atoms with Gasteiger partial charge in [-0.05, 0) is 26.8 Å². The van der Waals surface area contributed by atoms with E-state index in [0.29, 0.717) is 23.6 Å². The molecule has 3 heterocycles. The molecule has 6 nitrogen and oxygen atoms in total. The van der Waals surface area contributed by atoms with E-state index in [-0.39, 0.29) is 17.5 Å². The molecule has 0 amide bonds. The highest BCUT2D eigenvalue weighted by Gasteiger charge is 2.35. The number of carbonyl (C=O) groups is 1. The van der Waals surface area contributed by atoms with Crippen LogP contribution in [0.2, 0.25) is 0 Å². The molecular formula is C14H17N3O3S. The summed E-state index contributed by atoms with van der Waals surface area (Å²) in [6.07, 6.45) is 0.649. The number of hydrogen-bond acceptors (Lipinski definition) is 5. The summed E-state index contributed by atoms with van der Waals surface area (Å²) in [5.41, 5.74) is 1.52. The first kappa shape index (κ1) is 14.2. The molecule has 3 rings (SSSR count). The fraction of sp³-hybridized carbons (Fsp3) is 0.500. The number of hydrogen-bond donors (Lipinski definition) is 1. The SMILES string of the molecule is Cc1csc2nc(CN3CCC(C(=O)O)C3C)cc(=O)n12. The second-order valence-corrected chi connectivity index (χ2v) is 6.36. The first-order valence-corrected chi connectivity index (χ1v) is 7.79. The van der Waals surface area contributed by atoms with Gasteiger partial charge in [0.25, 0.3) is 5.56 Å². The van der Waals surface area contributed by atoms with Crippen molar-refractivity contribution in [2.45, 2.75) is 32.9 Å². The van der Waals surface area contributed by atoms with Gasteiger partial charge < -0.3 is 5.11 Å². The van der Waals surface area contributed by atoms with Crippen molar-refractivity contribution in [3.63, 3.8) is 0 Å². The summed E-state index contributed by atoms with van der Waals surface area (Å²) in [7, 11) is 0. The van der Waals surface area contributed by atoms with Crippen LogP contribution in [0, 0.1) is 12.8 Å². The Kier molecular flexibility index (Phi) is 3.54. The van der Waals surface area contributed by atoms with Gasteiger partial charge in [-0.2, -0.15) is 0 Å². The maximum atomic E-state index is 12.1. The van der Waals surface area contributed by atoms with Gasteiger partial charge in [0.2, 0.25) is 0 Å². The molecule has 1 aliphatic rings. The van der Waals surface area contributed by atoms with Gasteiger partial charge in [0.15, 0.2) is 4.96 Å². The highest BCUT2D eigenvalue weighted by Crippen LogP contribution is 2.25. The van der Waals surface area contributed by atoms with Crippen LogP contribution in [0.4, 0.5) is 0 Å². The monoisotopic (exact) mass is 307 g/mol. The predicted molar refractivity (Wildman–Crippen MR) is 79.7 cm³/mol. The van der Waals surface area contributed by atoms with Gasteiger partial charge in [0, 0.05) is 29.7 Å². The maximum absolute atomic E-state index is 12.1. The minimum Gasteiger partial charge on any atom is -0.481 e. The van der Waals surface area contributed by atoms with E-state index < -0.39 is 5.97 Å². The Bertz CT molecular complexity index is 751. The standard InChI is InChI=1S/C14H17N3O3S/c1-8-7-21-14-15-10(5-12(18)17(8)14)6-16-4-3-11(9(16)2)13(19)20/h5,7,9,11H,3-4,6H2,1-2H3,(H,19,20). The van der Waals surface area contributed by atoms with E-state index >= 15 is 0 Å². The quantitative estimate of drug-likeness (QED) is 0.926. The Morgan fingerprint density at radius 2 is 2.33 bits per heavy atom. The molecule has 0 saturated carbocycles. The van der Waals surface area contributed by atoms with Crippen molar-refractivity contribution < 1.29 is 9.90 Å². The molecule has 0 spiro atoms. The molecule has 1 N–H and O–H groups in total. The summed E-state index contributed by atoms with van der Waals surface area (Å²) in [5, 5.41) is 11.1. The number of aromatic nitrogens is 2. The van der Waals surface area contributed by atoms with E-state index in [9.17, 15) is 9.59 Å². The van der Waals surface area contributed by atoms with Gasteiger partial charge in [0.05, 0.1) is 11.6 Å². The fourth-order valence-corrected chi connectivity index (χ4v) is 3.84. The minimum atomic E-state index is -0.748. The molecule has 0 aliphatic carbocycles. The molecule has 1 saturated heterocycles. The van der Waals surface area contributed by atoms with E-state index in [2.05, 4.69) is 9.88 Å². The summed E-state index contributed by atoms with van der Waals surface area (Å²) < 4.78 is 1.60. The number of aliphatic carboxylic acids is 1. The Hall–Kier alpha value is -1.73. The fourth-order valence-electron chi connectivity index (χ4n) is 2.95. The first-order valence-electron chi connectivity index (χ1n) is 6.91. The molecule has 0 aromatic carbocycles. The number of carboxylic acid groups (broad SMARTS) is 1. The van der Waals surface area contributed by atoms with Gasteiger partial charge >= 0.3 is 5.97 Å². The lowest BCUT2D eigenvalue weighted by Gasteiger charge is -2.22. The number of thiazole rings is 1. The molecule has 21 heavy (non-hydrogen) atoms. The lowest BCUT2D eigenvalue weighted by Crippen LogP contribution is -2.33. The lowest BCUT2D eigenvalue weighted by atomic mass is 10.0. The van der Waals surface area contributed by atoms with Crippen molar-refractivity contribution in [3.8, 4) is 0 Å². The van der Waals surface area contributed by atoms with Gasteiger partial charge in [-0.15, -0.1) is 11.3 Å².